The topological polar surface area (TPSA) is 38.0 Å². The fraction of sp³-hybridized carbons (Fsp3) is 0.625. The maximum Gasteiger partial charge on any atom is 0.0551 e. The highest BCUT2D eigenvalue weighted by molar-refractivity contribution is 9.10. The van der Waals surface area contributed by atoms with Gasteiger partial charge in [-0.1, -0.05) is 45.4 Å². The number of benzene rings is 1. The van der Waals surface area contributed by atoms with Crippen LogP contribution in [0.25, 0.3) is 0 Å². The van der Waals surface area contributed by atoms with E-state index >= 15 is 0 Å². The van der Waals surface area contributed by atoms with Crippen molar-refractivity contribution in [3.63, 3.8) is 0 Å². The second-order valence-electron chi connectivity index (χ2n) is 6.02. The third kappa shape index (κ3) is 5.03. The first kappa shape index (κ1) is 18.0. The van der Waals surface area contributed by atoms with Gasteiger partial charge in [0.15, 0.2) is 0 Å². The molecular weight excluding hydrogens is 336 g/mol. The summed E-state index contributed by atoms with van der Waals surface area (Å²) in [7, 11) is 0. The molecule has 0 heterocycles. The van der Waals surface area contributed by atoms with Gasteiger partial charge in [-0.05, 0) is 57.9 Å². The molecule has 0 aliphatic carbocycles. The van der Waals surface area contributed by atoms with E-state index in [2.05, 4.69) is 55.0 Å². The number of hydrogen-bond donors (Lipinski definition) is 2. The molecule has 1 aromatic rings. The lowest BCUT2D eigenvalue weighted by Gasteiger charge is -2.28. The van der Waals surface area contributed by atoms with Crippen LogP contribution in [0.1, 0.15) is 39.3 Å². The quantitative estimate of drug-likeness (QED) is 0.743. The molecule has 1 atom stereocenters. The first-order valence-electron chi connectivity index (χ1n) is 7.25. The van der Waals surface area contributed by atoms with Crippen molar-refractivity contribution in [1.82, 2.24) is 5.32 Å². The van der Waals surface area contributed by atoms with Crippen LogP contribution < -0.4 is 11.1 Å². The van der Waals surface area contributed by atoms with E-state index in [1.54, 1.807) is 0 Å². The molecule has 0 saturated heterocycles. The molecule has 0 saturated carbocycles. The summed E-state index contributed by atoms with van der Waals surface area (Å²) in [6.45, 7) is 10.7. The summed E-state index contributed by atoms with van der Waals surface area (Å²) in [5, 5.41) is 4.32. The Labute approximate surface area is 136 Å². The second kappa shape index (κ2) is 8.38. The molecule has 1 aromatic carbocycles. The highest BCUT2D eigenvalue weighted by Gasteiger charge is 2.19. The molecule has 0 radical (unpaired) electrons. The Bertz CT molecular complexity index is 413. The highest BCUT2D eigenvalue weighted by Crippen LogP contribution is 2.26. The van der Waals surface area contributed by atoms with E-state index < -0.39 is 0 Å². The Kier molecular flexibility index (Phi) is 7.52. The Morgan fingerprint density at radius 2 is 1.80 bits per heavy atom. The van der Waals surface area contributed by atoms with Crippen molar-refractivity contribution in [2.45, 2.75) is 33.7 Å². The van der Waals surface area contributed by atoms with Crippen LogP contribution in [0.5, 0.6) is 0 Å². The van der Waals surface area contributed by atoms with Crippen LogP contribution in [0, 0.1) is 17.8 Å². The predicted molar refractivity (Wildman–Crippen MR) is 92.1 cm³/mol. The SMILES string of the molecule is CC(C)C(CNC(CN)c1ccc(Br)c(Cl)c1)C(C)C. The molecule has 20 heavy (non-hydrogen) atoms. The van der Waals surface area contributed by atoms with E-state index in [9.17, 15) is 0 Å². The van der Waals surface area contributed by atoms with Crippen LogP contribution in [-0.2, 0) is 0 Å². The molecule has 0 aliphatic heterocycles. The number of nitrogens with two attached hydrogens (primary N) is 1. The first-order valence-corrected chi connectivity index (χ1v) is 8.42. The summed E-state index contributed by atoms with van der Waals surface area (Å²) in [4.78, 5) is 0. The van der Waals surface area contributed by atoms with Gasteiger partial charge in [0, 0.05) is 17.1 Å². The van der Waals surface area contributed by atoms with Crippen LogP contribution in [0.4, 0.5) is 0 Å². The van der Waals surface area contributed by atoms with Crippen LogP contribution in [0.15, 0.2) is 22.7 Å². The van der Waals surface area contributed by atoms with E-state index in [4.69, 9.17) is 17.3 Å². The summed E-state index contributed by atoms with van der Waals surface area (Å²) >= 11 is 9.58. The van der Waals surface area contributed by atoms with Gasteiger partial charge in [-0.3, -0.25) is 0 Å². The van der Waals surface area contributed by atoms with E-state index in [0.29, 0.717) is 24.3 Å². The van der Waals surface area contributed by atoms with Crippen molar-refractivity contribution in [2.75, 3.05) is 13.1 Å². The van der Waals surface area contributed by atoms with E-state index in [1.807, 2.05) is 12.1 Å². The van der Waals surface area contributed by atoms with Gasteiger partial charge in [0.25, 0.3) is 0 Å². The van der Waals surface area contributed by atoms with E-state index in [0.717, 1.165) is 21.6 Å². The number of halogens is 2. The second-order valence-corrected chi connectivity index (χ2v) is 7.28. The highest BCUT2D eigenvalue weighted by atomic mass is 79.9. The average Bonchev–Trinajstić information content (AvgIpc) is 2.37. The van der Waals surface area contributed by atoms with Crippen molar-refractivity contribution in [3.05, 3.63) is 33.3 Å². The largest absolute Gasteiger partial charge is 0.329 e. The Balaban J connectivity index is 2.74. The summed E-state index contributed by atoms with van der Waals surface area (Å²) in [5.74, 6) is 1.97. The van der Waals surface area contributed by atoms with Crippen LogP contribution >= 0.6 is 27.5 Å². The van der Waals surface area contributed by atoms with Gasteiger partial charge in [-0.25, -0.2) is 0 Å². The summed E-state index contributed by atoms with van der Waals surface area (Å²) in [6, 6.07) is 6.18. The zero-order valence-corrected chi connectivity index (χ0v) is 15.1. The van der Waals surface area contributed by atoms with E-state index in [1.165, 1.54) is 0 Å². The molecule has 0 bridgehead atoms. The molecule has 0 spiro atoms. The normalized spacial score (nSPS) is 13.5. The lowest BCUT2D eigenvalue weighted by Crippen LogP contribution is -2.35. The van der Waals surface area contributed by atoms with Gasteiger partial charge in [-0.15, -0.1) is 0 Å². The molecule has 0 aliphatic rings. The molecule has 1 rings (SSSR count). The fourth-order valence-electron chi connectivity index (χ4n) is 2.59. The smallest absolute Gasteiger partial charge is 0.0551 e. The summed E-state index contributed by atoms with van der Waals surface area (Å²) < 4.78 is 0.918. The maximum atomic E-state index is 6.16. The lowest BCUT2D eigenvalue weighted by molar-refractivity contribution is 0.266. The summed E-state index contributed by atoms with van der Waals surface area (Å²) in [5.41, 5.74) is 7.06. The van der Waals surface area contributed by atoms with Crippen molar-refractivity contribution < 1.29 is 0 Å². The van der Waals surface area contributed by atoms with Crippen molar-refractivity contribution in [2.24, 2.45) is 23.5 Å². The van der Waals surface area contributed by atoms with Gasteiger partial charge >= 0.3 is 0 Å². The Morgan fingerprint density at radius 1 is 1.20 bits per heavy atom. The third-order valence-electron chi connectivity index (χ3n) is 3.89. The predicted octanol–water partition coefficient (Wildman–Crippen LogP) is 4.62. The number of nitrogens with one attached hydrogen (secondary N) is 1. The minimum absolute atomic E-state index is 0.153. The molecule has 1 unspecified atom stereocenters. The zero-order valence-electron chi connectivity index (χ0n) is 12.8. The lowest BCUT2D eigenvalue weighted by atomic mass is 9.85. The molecule has 4 heteroatoms. The number of hydrogen-bond acceptors (Lipinski definition) is 2. The minimum Gasteiger partial charge on any atom is -0.329 e. The fourth-order valence-corrected chi connectivity index (χ4v) is 3.02. The van der Waals surface area contributed by atoms with Crippen molar-refractivity contribution >= 4 is 27.5 Å². The van der Waals surface area contributed by atoms with Crippen molar-refractivity contribution in [1.29, 1.82) is 0 Å². The maximum absolute atomic E-state index is 6.16. The molecule has 0 fully saturated rings. The molecule has 3 N–H and O–H groups in total. The van der Waals surface area contributed by atoms with Gasteiger partial charge in [0.2, 0.25) is 0 Å². The van der Waals surface area contributed by atoms with Crippen LogP contribution in [0.2, 0.25) is 5.02 Å². The first-order chi connectivity index (χ1) is 9.36. The summed E-state index contributed by atoms with van der Waals surface area (Å²) in [6.07, 6.45) is 0. The Hall–Kier alpha value is -0.0900. The Morgan fingerprint density at radius 3 is 2.25 bits per heavy atom. The molecule has 114 valence electrons. The molecule has 0 amide bonds. The average molecular weight is 362 g/mol. The zero-order chi connectivity index (χ0) is 15.3. The van der Waals surface area contributed by atoms with Crippen molar-refractivity contribution in [3.8, 4) is 0 Å². The van der Waals surface area contributed by atoms with Gasteiger partial charge in [0.1, 0.15) is 0 Å². The monoisotopic (exact) mass is 360 g/mol. The molecule has 0 aromatic heterocycles. The van der Waals surface area contributed by atoms with Gasteiger partial charge in [0.05, 0.1) is 5.02 Å². The van der Waals surface area contributed by atoms with Crippen LogP contribution in [-0.4, -0.2) is 13.1 Å². The standard InChI is InChI=1S/C16H26BrClN2/c1-10(2)13(11(3)4)9-20-16(8-19)12-5-6-14(17)15(18)7-12/h5-7,10-11,13,16,20H,8-9,19H2,1-4H3. The third-order valence-corrected chi connectivity index (χ3v) is 5.13. The van der Waals surface area contributed by atoms with Crippen LogP contribution in [0.3, 0.4) is 0 Å². The molecular formula is C16H26BrClN2. The minimum atomic E-state index is 0.153. The van der Waals surface area contributed by atoms with E-state index in [-0.39, 0.29) is 6.04 Å². The molecule has 2 nitrogen and oxygen atoms in total. The van der Waals surface area contributed by atoms with Gasteiger partial charge < -0.3 is 11.1 Å². The number of rotatable bonds is 7. The van der Waals surface area contributed by atoms with Gasteiger partial charge in [-0.2, -0.15) is 0 Å².